The Kier molecular flexibility index (Phi) is 62.7. The van der Waals surface area contributed by atoms with E-state index in [1.165, 1.54) is 161 Å². The fourth-order valence-corrected chi connectivity index (χ4v) is 9.32. The number of carbonyl (C=O) groups is 3. The summed E-state index contributed by atoms with van der Waals surface area (Å²) >= 11 is 0. The monoisotopic (exact) mass is 1080 g/mol. The minimum Gasteiger partial charge on any atom is -0.462 e. The van der Waals surface area contributed by atoms with Gasteiger partial charge in [-0.1, -0.05) is 279 Å². The highest BCUT2D eigenvalue weighted by molar-refractivity contribution is 5.71. The van der Waals surface area contributed by atoms with Crippen LogP contribution in [0, 0.1) is 0 Å². The van der Waals surface area contributed by atoms with Crippen LogP contribution in [0.2, 0.25) is 0 Å². The summed E-state index contributed by atoms with van der Waals surface area (Å²) in [7, 11) is 0. The molecule has 1 atom stereocenters. The molecule has 0 aromatic heterocycles. The lowest BCUT2D eigenvalue weighted by Gasteiger charge is -2.18. The molecule has 78 heavy (non-hydrogen) atoms. The second kappa shape index (κ2) is 65.8. The molecule has 6 heteroatoms. The van der Waals surface area contributed by atoms with E-state index in [9.17, 15) is 14.4 Å². The summed E-state index contributed by atoms with van der Waals surface area (Å²) in [6.45, 7) is 6.50. The number of hydrogen-bond donors (Lipinski definition) is 0. The fraction of sp³-hybridized carbons (Fsp3) is 0.736. The van der Waals surface area contributed by atoms with Crippen molar-refractivity contribution in [3.8, 4) is 0 Å². The Morgan fingerprint density at radius 1 is 0.269 bits per heavy atom. The lowest BCUT2D eigenvalue weighted by atomic mass is 10.0. The number of unbranched alkanes of at least 4 members (excludes halogenated alkanes) is 33. The molecule has 0 aliphatic rings. The molecule has 6 nitrogen and oxygen atoms in total. The van der Waals surface area contributed by atoms with Crippen LogP contribution in [0.25, 0.3) is 0 Å². The minimum absolute atomic E-state index is 0.0870. The summed E-state index contributed by atoms with van der Waals surface area (Å²) < 4.78 is 16.9. The van der Waals surface area contributed by atoms with Crippen molar-refractivity contribution in [3.63, 3.8) is 0 Å². The van der Waals surface area contributed by atoms with Gasteiger partial charge >= 0.3 is 17.9 Å². The predicted molar refractivity (Wildman–Crippen MR) is 339 cm³/mol. The molecule has 0 fully saturated rings. The lowest BCUT2D eigenvalue weighted by molar-refractivity contribution is -0.167. The molecular weight excluding hydrogens is 961 g/mol. The smallest absolute Gasteiger partial charge is 0.306 e. The van der Waals surface area contributed by atoms with Gasteiger partial charge in [0.1, 0.15) is 13.2 Å². The fourth-order valence-electron chi connectivity index (χ4n) is 9.32. The number of hydrogen-bond acceptors (Lipinski definition) is 6. The second-order valence-corrected chi connectivity index (χ2v) is 22.0. The predicted octanol–water partition coefficient (Wildman–Crippen LogP) is 22.8. The van der Waals surface area contributed by atoms with Gasteiger partial charge in [-0.15, -0.1) is 0 Å². The van der Waals surface area contributed by atoms with E-state index < -0.39 is 6.10 Å². The van der Waals surface area contributed by atoms with Gasteiger partial charge in [0.15, 0.2) is 6.10 Å². The maximum absolute atomic E-state index is 12.9. The lowest BCUT2D eigenvalue weighted by Crippen LogP contribution is -2.30. The van der Waals surface area contributed by atoms with Gasteiger partial charge in [0.05, 0.1) is 0 Å². The van der Waals surface area contributed by atoms with Crippen LogP contribution in [0.5, 0.6) is 0 Å². The Morgan fingerprint density at radius 3 is 0.821 bits per heavy atom. The molecule has 0 aliphatic heterocycles. The van der Waals surface area contributed by atoms with E-state index in [-0.39, 0.29) is 31.1 Å². The molecule has 0 rings (SSSR count). The zero-order valence-corrected chi connectivity index (χ0v) is 51.4. The number of esters is 3. The van der Waals surface area contributed by atoms with Crippen molar-refractivity contribution < 1.29 is 28.6 Å². The van der Waals surface area contributed by atoms with E-state index in [4.69, 9.17) is 14.2 Å². The highest BCUT2D eigenvalue weighted by Gasteiger charge is 2.19. The summed E-state index contributed by atoms with van der Waals surface area (Å²) in [4.78, 5) is 38.3. The van der Waals surface area contributed by atoms with E-state index in [1.807, 2.05) is 0 Å². The third-order valence-corrected chi connectivity index (χ3v) is 14.3. The third kappa shape index (κ3) is 63.2. The van der Waals surface area contributed by atoms with Gasteiger partial charge in [0, 0.05) is 19.3 Å². The summed E-state index contributed by atoms with van der Waals surface area (Å²) in [5.41, 5.74) is 0. The zero-order chi connectivity index (χ0) is 56.4. The largest absolute Gasteiger partial charge is 0.462 e. The normalized spacial score (nSPS) is 12.7. The first-order chi connectivity index (χ1) is 38.5. The number of rotatable bonds is 60. The number of carbonyl (C=O) groups excluding carboxylic acids is 3. The van der Waals surface area contributed by atoms with E-state index in [0.717, 1.165) is 122 Å². The van der Waals surface area contributed by atoms with Gasteiger partial charge in [0.2, 0.25) is 0 Å². The highest BCUT2D eigenvalue weighted by atomic mass is 16.6. The van der Waals surface area contributed by atoms with Crippen molar-refractivity contribution in [2.75, 3.05) is 13.2 Å². The Hall–Kier alpha value is -3.67. The molecule has 0 aromatic rings. The standard InChI is InChI=1S/C72H124O6/c1-4-7-10-13-16-19-22-25-27-29-31-33-34-35-36-37-38-40-41-43-45-47-50-53-56-59-62-65-71(74)77-68-69(67-76-70(73)64-61-58-55-52-49-24-21-18-15-12-9-6-3)78-72(75)66-63-60-57-54-51-48-46-44-42-39-32-30-28-26-23-20-17-14-11-8-5-2/h8,11,17-18,20-22,25-26,28-29,31-32,39,44,46,69H,4-7,9-10,12-16,19,23-24,27,30,33-38,40-43,45,47-68H2,1-3H3/b11-8-,20-17-,21-18-,25-22-,28-26-,31-29-,39-32-,46-44-. The van der Waals surface area contributed by atoms with E-state index in [1.54, 1.807) is 0 Å². The third-order valence-electron chi connectivity index (χ3n) is 14.3. The molecule has 448 valence electrons. The molecule has 0 amide bonds. The number of allylic oxidation sites excluding steroid dienone is 16. The van der Waals surface area contributed by atoms with Crippen LogP contribution < -0.4 is 0 Å². The zero-order valence-electron chi connectivity index (χ0n) is 51.4. The highest BCUT2D eigenvalue weighted by Crippen LogP contribution is 2.16. The van der Waals surface area contributed by atoms with Crippen molar-refractivity contribution in [2.24, 2.45) is 0 Å². The number of ether oxygens (including phenoxy) is 3. The quantitative estimate of drug-likeness (QED) is 0.0261. The van der Waals surface area contributed by atoms with Gasteiger partial charge in [-0.05, 0) is 122 Å². The molecule has 0 saturated heterocycles. The van der Waals surface area contributed by atoms with E-state index in [2.05, 4.69) is 118 Å². The van der Waals surface area contributed by atoms with Crippen LogP contribution in [-0.4, -0.2) is 37.2 Å². The van der Waals surface area contributed by atoms with E-state index in [0.29, 0.717) is 19.3 Å². The molecule has 0 radical (unpaired) electrons. The SMILES string of the molecule is CC/C=C\C/C=C\C/C=C\C/C=C\C/C=C\CCCCCCCC(=O)OC(COC(=O)CCCCCCC/C=C\CCCCC)COC(=O)CCCCCCCCCCCCCCCCC/C=C\C/C=C\CCCCCCC. The van der Waals surface area contributed by atoms with Crippen LogP contribution >= 0.6 is 0 Å². The first-order valence-electron chi connectivity index (χ1n) is 33.2. The molecule has 0 aromatic carbocycles. The first kappa shape index (κ1) is 74.3. The van der Waals surface area contributed by atoms with Crippen molar-refractivity contribution in [1.82, 2.24) is 0 Å². The van der Waals surface area contributed by atoms with Gasteiger partial charge in [0.25, 0.3) is 0 Å². The minimum atomic E-state index is -0.793. The van der Waals surface area contributed by atoms with Crippen molar-refractivity contribution in [2.45, 2.75) is 329 Å². The maximum Gasteiger partial charge on any atom is 0.306 e. The molecule has 0 aliphatic carbocycles. The van der Waals surface area contributed by atoms with Gasteiger partial charge in [-0.25, -0.2) is 0 Å². The summed E-state index contributed by atoms with van der Waals surface area (Å²) in [5, 5.41) is 0. The summed E-state index contributed by atoms with van der Waals surface area (Å²) in [5.74, 6) is -0.905. The molecule has 0 bridgehead atoms. The summed E-state index contributed by atoms with van der Waals surface area (Å²) in [6.07, 6.45) is 88.5. The average Bonchev–Trinajstić information content (AvgIpc) is 3.44. The Morgan fingerprint density at radius 2 is 0.500 bits per heavy atom. The molecule has 1 unspecified atom stereocenters. The van der Waals surface area contributed by atoms with E-state index >= 15 is 0 Å². The average molecular weight is 1090 g/mol. The van der Waals surface area contributed by atoms with Gasteiger partial charge in [-0.2, -0.15) is 0 Å². The van der Waals surface area contributed by atoms with Crippen molar-refractivity contribution in [3.05, 3.63) is 97.2 Å². The van der Waals surface area contributed by atoms with Crippen LogP contribution in [0.3, 0.4) is 0 Å². The van der Waals surface area contributed by atoms with Crippen molar-refractivity contribution in [1.29, 1.82) is 0 Å². The molecule has 0 N–H and O–H groups in total. The first-order valence-corrected chi connectivity index (χ1v) is 33.2. The second-order valence-electron chi connectivity index (χ2n) is 22.0. The van der Waals surface area contributed by atoms with Gasteiger partial charge < -0.3 is 14.2 Å². The van der Waals surface area contributed by atoms with Crippen molar-refractivity contribution >= 4 is 17.9 Å². The molecule has 0 saturated carbocycles. The molecular formula is C72H124O6. The van der Waals surface area contributed by atoms with Crippen LogP contribution in [-0.2, 0) is 28.6 Å². The topological polar surface area (TPSA) is 78.9 Å². The Labute approximate surface area is 483 Å². The Bertz CT molecular complexity index is 1530. The van der Waals surface area contributed by atoms with Crippen LogP contribution in [0.1, 0.15) is 323 Å². The molecule has 0 spiro atoms. The van der Waals surface area contributed by atoms with Crippen LogP contribution in [0.15, 0.2) is 97.2 Å². The van der Waals surface area contributed by atoms with Crippen LogP contribution in [0.4, 0.5) is 0 Å². The summed E-state index contributed by atoms with van der Waals surface area (Å²) in [6, 6.07) is 0. The maximum atomic E-state index is 12.9. The van der Waals surface area contributed by atoms with Gasteiger partial charge in [-0.3, -0.25) is 14.4 Å². The molecule has 0 heterocycles. The Balaban J connectivity index is 4.29.